The molecule has 2 rings (SSSR count). The molecular weight excluding hydrogens is 396 g/mol. The highest BCUT2D eigenvalue weighted by Crippen LogP contribution is 2.37. The minimum absolute atomic E-state index is 0.00204. The number of hydrogen-bond acceptors (Lipinski definition) is 3. The van der Waals surface area contributed by atoms with Crippen LogP contribution in [0.2, 0.25) is 0 Å². The number of carbonyl (C=O) groups excluding carboxylic acids is 1. The van der Waals surface area contributed by atoms with E-state index in [1.165, 1.54) is 0 Å². The summed E-state index contributed by atoms with van der Waals surface area (Å²) in [4.78, 5) is 15.7. The molecule has 1 aromatic rings. The number of nitrogens with zero attached hydrogens (tertiary/aromatic N) is 2. The number of benzene rings is 1. The third kappa shape index (κ3) is 5.55. The van der Waals surface area contributed by atoms with Crippen molar-refractivity contribution in [1.29, 1.82) is 0 Å². The monoisotopic (exact) mass is 413 g/mol. The first-order chi connectivity index (χ1) is 12.4. The molecule has 4 nitrogen and oxygen atoms in total. The highest BCUT2D eigenvalue weighted by atomic mass is 32.1. The number of rotatable bonds is 2. The van der Waals surface area contributed by atoms with E-state index in [0.29, 0.717) is 38.3 Å². The van der Waals surface area contributed by atoms with Crippen LogP contribution < -0.4 is 5.32 Å². The zero-order valence-electron chi connectivity index (χ0n) is 14.2. The van der Waals surface area contributed by atoms with Gasteiger partial charge >= 0.3 is 12.4 Å². The second kappa shape index (κ2) is 8.01. The Hall–Kier alpha value is -1.88. The van der Waals surface area contributed by atoms with Gasteiger partial charge in [0.2, 0.25) is 0 Å². The van der Waals surface area contributed by atoms with Crippen LogP contribution in [0.1, 0.15) is 18.1 Å². The number of likely N-dealkylation sites (N-methyl/N-ethyl adjacent to an activating group) is 1. The van der Waals surface area contributed by atoms with Gasteiger partial charge in [0, 0.05) is 31.9 Å². The molecule has 1 N–H and O–H groups in total. The Morgan fingerprint density at radius 3 is 1.89 bits per heavy atom. The van der Waals surface area contributed by atoms with Gasteiger partial charge in [0.15, 0.2) is 4.99 Å². The van der Waals surface area contributed by atoms with E-state index in [2.05, 4.69) is 10.2 Å². The molecule has 0 aliphatic carbocycles. The van der Waals surface area contributed by atoms with E-state index in [-0.39, 0.29) is 11.1 Å². The van der Waals surface area contributed by atoms with Gasteiger partial charge in [0.1, 0.15) is 0 Å². The van der Waals surface area contributed by atoms with E-state index in [4.69, 9.17) is 12.2 Å². The van der Waals surface area contributed by atoms with E-state index >= 15 is 0 Å². The Morgan fingerprint density at radius 2 is 1.48 bits per heavy atom. The second-order valence-electron chi connectivity index (χ2n) is 5.98. The molecular formula is C16H17F6N3OS. The number of nitrogens with one attached hydrogen (secondary N) is 1. The molecule has 0 unspecified atom stereocenters. The quantitative estimate of drug-likeness (QED) is 0.594. The highest BCUT2D eigenvalue weighted by Gasteiger charge is 2.37. The van der Waals surface area contributed by atoms with E-state index in [9.17, 15) is 31.1 Å². The standard InChI is InChI=1S/C16H17F6N3OS/c1-2-24-3-5-25(6-4-24)14(27)13(26)23-12-8-10(15(17,18)19)7-11(9-12)16(20,21)22/h7-9H,2-6H2,1H3,(H,23,26). The Kier molecular flexibility index (Phi) is 6.35. The van der Waals surface area contributed by atoms with E-state index in [1.54, 1.807) is 4.90 Å². The van der Waals surface area contributed by atoms with Gasteiger partial charge in [0.05, 0.1) is 11.1 Å². The molecule has 1 fully saturated rings. The molecule has 0 aromatic heterocycles. The van der Waals surface area contributed by atoms with Gasteiger partial charge in [-0.25, -0.2) is 0 Å². The molecule has 1 aromatic carbocycles. The topological polar surface area (TPSA) is 35.6 Å². The van der Waals surface area contributed by atoms with Crippen molar-refractivity contribution in [2.45, 2.75) is 19.3 Å². The summed E-state index contributed by atoms with van der Waals surface area (Å²) in [5.74, 6) is -0.914. The van der Waals surface area contributed by atoms with Gasteiger partial charge in [-0.3, -0.25) is 4.79 Å². The van der Waals surface area contributed by atoms with Crippen molar-refractivity contribution in [3.05, 3.63) is 29.3 Å². The smallest absolute Gasteiger partial charge is 0.356 e. The zero-order chi connectivity index (χ0) is 20.4. The van der Waals surface area contributed by atoms with Crippen LogP contribution in [0.4, 0.5) is 32.0 Å². The third-order valence-electron chi connectivity index (χ3n) is 4.15. The fraction of sp³-hybridized carbons (Fsp3) is 0.500. The summed E-state index contributed by atoms with van der Waals surface area (Å²) in [6.45, 7) is 5.04. The molecule has 1 saturated heterocycles. The van der Waals surface area contributed by atoms with Gasteiger partial charge in [-0.1, -0.05) is 19.1 Å². The molecule has 0 spiro atoms. The van der Waals surface area contributed by atoms with Crippen LogP contribution >= 0.6 is 12.2 Å². The number of thiocarbonyl (C=S) groups is 1. The lowest BCUT2D eigenvalue weighted by molar-refractivity contribution is -0.143. The first-order valence-electron chi connectivity index (χ1n) is 8.04. The Morgan fingerprint density at radius 1 is 1.00 bits per heavy atom. The summed E-state index contributed by atoms with van der Waals surface area (Å²) < 4.78 is 77.2. The van der Waals surface area contributed by atoms with Crippen LogP contribution in [-0.4, -0.2) is 53.4 Å². The van der Waals surface area contributed by atoms with Crippen molar-refractivity contribution in [3.8, 4) is 0 Å². The van der Waals surface area contributed by atoms with Crippen molar-refractivity contribution in [2.75, 3.05) is 38.0 Å². The molecule has 150 valence electrons. The number of hydrogen-bond donors (Lipinski definition) is 1. The number of carbonyl (C=O) groups is 1. The van der Waals surface area contributed by atoms with Gasteiger partial charge in [0.25, 0.3) is 5.91 Å². The van der Waals surface area contributed by atoms with Crippen LogP contribution in [0.5, 0.6) is 0 Å². The molecule has 1 aliphatic rings. The Labute approximate surface area is 157 Å². The lowest BCUT2D eigenvalue weighted by atomic mass is 10.1. The van der Waals surface area contributed by atoms with E-state index in [1.807, 2.05) is 6.92 Å². The fourth-order valence-corrected chi connectivity index (χ4v) is 2.86. The molecule has 1 aliphatic heterocycles. The van der Waals surface area contributed by atoms with Crippen LogP contribution in [0, 0.1) is 0 Å². The normalized spacial score (nSPS) is 16.3. The summed E-state index contributed by atoms with van der Waals surface area (Å²) in [6, 6.07) is 0.896. The molecule has 0 bridgehead atoms. The molecule has 11 heteroatoms. The maximum atomic E-state index is 12.9. The average Bonchev–Trinajstić information content (AvgIpc) is 2.59. The van der Waals surface area contributed by atoms with Crippen LogP contribution in [0.3, 0.4) is 0 Å². The number of halogens is 6. The maximum Gasteiger partial charge on any atom is 0.416 e. The minimum Gasteiger partial charge on any atom is -0.356 e. The molecule has 27 heavy (non-hydrogen) atoms. The van der Waals surface area contributed by atoms with Gasteiger partial charge in [-0.2, -0.15) is 26.3 Å². The summed E-state index contributed by atoms with van der Waals surface area (Å²) in [6.07, 6.45) is -9.98. The van der Waals surface area contributed by atoms with Crippen LogP contribution in [0.15, 0.2) is 18.2 Å². The number of alkyl halides is 6. The highest BCUT2D eigenvalue weighted by molar-refractivity contribution is 7.82. The molecule has 1 amide bonds. The summed E-state index contributed by atoms with van der Waals surface area (Å²) in [5.41, 5.74) is -3.62. The largest absolute Gasteiger partial charge is 0.416 e. The first kappa shape index (κ1) is 21.4. The van der Waals surface area contributed by atoms with Crippen molar-refractivity contribution in [2.24, 2.45) is 0 Å². The van der Waals surface area contributed by atoms with Gasteiger partial charge in [-0.15, -0.1) is 0 Å². The number of piperazine rings is 1. The predicted molar refractivity (Wildman–Crippen MR) is 91.4 cm³/mol. The number of amides is 1. The van der Waals surface area contributed by atoms with Crippen molar-refractivity contribution >= 4 is 28.8 Å². The third-order valence-corrected chi connectivity index (χ3v) is 4.59. The Balaban J connectivity index is 2.18. The lowest BCUT2D eigenvalue weighted by Crippen LogP contribution is -2.50. The van der Waals surface area contributed by atoms with Gasteiger partial charge < -0.3 is 15.1 Å². The van der Waals surface area contributed by atoms with Crippen molar-refractivity contribution in [1.82, 2.24) is 9.80 Å². The summed E-state index contributed by atoms with van der Waals surface area (Å²) >= 11 is 5.03. The zero-order valence-corrected chi connectivity index (χ0v) is 15.1. The lowest BCUT2D eigenvalue weighted by Gasteiger charge is -2.35. The summed E-state index contributed by atoms with van der Waals surface area (Å²) in [5, 5.41) is 2.05. The second-order valence-corrected chi connectivity index (χ2v) is 6.36. The first-order valence-corrected chi connectivity index (χ1v) is 8.44. The van der Waals surface area contributed by atoms with Crippen molar-refractivity contribution < 1.29 is 31.1 Å². The van der Waals surface area contributed by atoms with E-state index in [0.717, 1.165) is 6.54 Å². The summed E-state index contributed by atoms with van der Waals surface area (Å²) in [7, 11) is 0. The number of anilines is 1. The van der Waals surface area contributed by atoms with Crippen molar-refractivity contribution in [3.63, 3.8) is 0 Å². The molecule has 0 atom stereocenters. The predicted octanol–water partition coefficient (Wildman–Crippen LogP) is 3.63. The van der Waals surface area contributed by atoms with Crippen LogP contribution in [0.25, 0.3) is 0 Å². The maximum absolute atomic E-state index is 12.9. The average molecular weight is 413 g/mol. The fourth-order valence-electron chi connectivity index (χ4n) is 2.62. The minimum atomic E-state index is -4.99. The Bertz CT molecular complexity index is 679. The molecule has 0 saturated carbocycles. The SMILES string of the molecule is CCN1CCN(C(=S)C(=O)Nc2cc(C(F)(F)F)cc(C(F)(F)F)c2)CC1. The molecule has 0 radical (unpaired) electrons. The molecule has 1 heterocycles. The van der Waals surface area contributed by atoms with Crippen LogP contribution in [-0.2, 0) is 17.1 Å². The van der Waals surface area contributed by atoms with E-state index < -0.39 is 35.1 Å². The van der Waals surface area contributed by atoms with Gasteiger partial charge in [-0.05, 0) is 24.7 Å².